The number of likely N-dealkylation sites (N-methyl/N-ethyl adjacent to an activating group) is 3. The van der Waals surface area contributed by atoms with Gasteiger partial charge < -0.3 is 115 Å². The van der Waals surface area contributed by atoms with Gasteiger partial charge in [-0.25, -0.2) is 0 Å². The summed E-state index contributed by atoms with van der Waals surface area (Å²) >= 11 is 0.790. The number of carbonyl (C=O) groups is 18. The summed E-state index contributed by atoms with van der Waals surface area (Å²) in [7, 11) is 3.94. The molecule has 0 unspecified atom stereocenters. The Bertz CT molecular complexity index is 4850. The van der Waals surface area contributed by atoms with Gasteiger partial charge >= 0.3 is 0 Å². The van der Waals surface area contributed by atoms with Crippen LogP contribution in [0.4, 0.5) is 0 Å². The molecule has 0 radical (unpaired) electrons. The number of aliphatic hydroxyl groups is 2. The van der Waals surface area contributed by atoms with Crippen molar-refractivity contribution in [2.45, 2.75) is 222 Å². The second-order valence-electron chi connectivity index (χ2n) is 33.2. The summed E-state index contributed by atoms with van der Waals surface area (Å²) in [6, 6.07) is 1.31. The van der Waals surface area contributed by atoms with Crippen molar-refractivity contribution in [1.82, 2.24) is 82.3 Å². The lowest BCUT2D eigenvalue weighted by Crippen LogP contribution is -2.61. The second-order valence-corrected chi connectivity index (χ2v) is 34.3. The first-order chi connectivity index (χ1) is 60.8. The van der Waals surface area contributed by atoms with Crippen molar-refractivity contribution in [3.63, 3.8) is 0 Å². The number of phenols is 1. The maximum absolute atomic E-state index is 15.7. The number of Topliss-reactive ketones (excluding diaryl/α,β-unsaturated/α-hetero) is 1. The molecule has 40 nitrogen and oxygen atoms in total. The largest absolute Gasteiger partial charge is 0.508 e. The van der Waals surface area contributed by atoms with E-state index in [4.69, 9.17) is 17.2 Å². The van der Waals surface area contributed by atoms with Crippen molar-refractivity contribution in [2.75, 3.05) is 65.4 Å². The monoisotopic (exact) mass is 1800 g/mol. The number of phenolic OH excluding ortho intramolecular Hbond substituents is 1. The highest BCUT2D eigenvalue weighted by molar-refractivity contribution is 8.00. The highest BCUT2D eigenvalue weighted by atomic mass is 32.2. The summed E-state index contributed by atoms with van der Waals surface area (Å²) < 4.78 is 0. The van der Waals surface area contributed by atoms with Gasteiger partial charge in [-0.1, -0.05) is 102 Å². The molecule has 3 saturated heterocycles. The minimum atomic E-state index is -1.86. The number of primary amides is 3. The number of nitrogens with zero attached hydrogens (tertiary/aromatic N) is 5. The number of aliphatic hydroxyl groups excluding tert-OH is 2. The Morgan fingerprint density at radius 1 is 0.562 bits per heavy atom. The van der Waals surface area contributed by atoms with Crippen LogP contribution in [0.2, 0.25) is 0 Å². The van der Waals surface area contributed by atoms with Gasteiger partial charge in [0.15, 0.2) is 5.78 Å². The molecular weight excluding hydrogens is 1680 g/mol. The summed E-state index contributed by atoms with van der Waals surface area (Å²) in [5.41, 5.74) is 19.4. The van der Waals surface area contributed by atoms with Crippen LogP contribution in [0.25, 0.3) is 21.8 Å². The second kappa shape index (κ2) is 47.9. The van der Waals surface area contributed by atoms with Gasteiger partial charge in [-0.15, -0.1) is 11.8 Å². The number of carbonyl (C=O) groups excluding carboxylic acids is 18. The maximum atomic E-state index is 15.7. The van der Waals surface area contributed by atoms with Crippen LogP contribution in [-0.2, 0) is 106 Å². The van der Waals surface area contributed by atoms with Gasteiger partial charge in [-0.2, -0.15) is 0 Å². The average Bonchev–Trinajstić information content (AvgIpc) is 1.05. The molecule has 3 fully saturated rings. The lowest BCUT2D eigenvalue weighted by atomic mass is 9.90. The molecule has 17 amide bonds. The normalized spacial score (nSPS) is 25.0. The van der Waals surface area contributed by atoms with Crippen LogP contribution in [0.3, 0.4) is 0 Å². The smallest absolute Gasteiger partial charge is 0.246 e. The van der Waals surface area contributed by atoms with Crippen LogP contribution in [0.15, 0.2) is 85.2 Å². The van der Waals surface area contributed by atoms with E-state index in [1.165, 1.54) is 57.2 Å². The molecule has 5 heterocycles. The zero-order chi connectivity index (χ0) is 93.9. The summed E-state index contributed by atoms with van der Waals surface area (Å²) in [5.74, 6) is -19.5. The number of hydrogen-bond donors (Lipinski definition) is 17. The van der Waals surface area contributed by atoms with Crippen LogP contribution < -0.4 is 65.1 Å². The molecule has 3 aromatic carbocycles. The number of unbranched alkanes of at least 4 members (excludes halogenated alkanes) is 2. The lowest BCUT2D eigenvalue weighted by Gasteiger charge is -2.36. The van der Waals surface area contributed by atoms with E-state index in [9.17, 15) is 72.9 Å². The number of amides is 17. The third-order valence-electron chi connectivity index (χ3n) is 23.1. The molecule has 5 aromatic rings. The number of rotatable bonds is 23. The Kier molecular flexibility index (Phi) is 37.7. The van der Waals surface area contributed by atoms with Crippen molar-refractivity contribution in [3.8, 4) is 5.75 Å². The van der Waals surface area contributed by atoms with Crippen LogP contribution in [0.1, 0.15) is 141 Å². The van der Waals surface area contributed by atoms with E-state index in [-0.39, 0.29) is 76.0 Å². The molecule has 14 atom stereocenters. The first-order valence-corrected chi connectivity index (χ1v) is 44.2. The molecule has 2 aromatic heterocycles. The molecule has 0 spiro atoms. The van der Waals surface area contributed by atoms with Crippen LogP contribution in [0, 0.1) is 11.8 Å². The van der Waals surface area contributed by atoms with Gasteiger partial charge in [0.25, 0.3) is 0 Å². The maximum Gasteiger partial charge on any atom is 0.246 e. The molecular formula is C87H121N19O21S. The Morgan fingerprint density at radius 3 is 1.73 bits per heavy atom. The van der Waals surface area contributed by atoms with E-state index in [2.05, 4.69) is 57.8 Å². The van der Waals surface area contributed by atoms with Gasteiger partial charge in [-0.3, -0.25) is 86.3 Å². The van der Waals surface area contributed by atoms with Crippen molar-refractivity contribution >= 4 is 140 Å². The van der Waals surface area contributed by atoms with Crippen LogP contribution >= 0.6 is 11.8 Å². The third kappa shape index (κ3) is 28.0. The number of nitrogens with one attached hydrogen (secondary N) is 11. The number of hydrogen-bond acceptors (Lipinski definition) is 22. The van der Waals surface area contributed by atoms with Gasteiger partial charge in [0.1, 0.15) is 72.2 Å². The van der Waals surface area contributed by atoms with Gasteiger partial charge in [0, 0.05) is 112 Å². The first kappa shape index (κ1) is 101. The number of thioether (sulfide) groups is 1. The number of ketones is 1. The first-order valence-electron chi connectivity index (χ1n) is 43.0. The molecule has 3 aliphatic rings. The number of H-pyrrole nitrogens is 2. The summed E-state index contributed by atoms with van der Waals surface area (Å²) in [4.78, 5) is 270. The number of aromatic amines is 2. The number of fused-ring (bicyclic) bond motifs is 4. The minimum absolute atomic E-state index is 0.00984. The third-order valence-corrected chi connectivity index (χ3v) is 24.2. The highest BCUT2D eigenvalue weighted by Gasteiger charge is 2.46. The van der Waals surface area contributed by atoms with Crippen molar-refractivity contribution in [1.29, 1.82) is 0 Å². The minimum Gasteiger partial charge on any atom is -0.508 e. The van der Waals surface area contributed by atoms with Crippen LogP contribution in [-0.4, -0.2) is 300 Å². The van der Waals surface area contributed by atoms with Crippen molar-refractivity contribution in [2.24, 2.45) is 29.0 Å². The highest BCUT2D eigenvalue weighted by Crippen LogP contribution is 2.30. The quantitative estimate of drug-likeness (QED) is 0.0331. The summed E-state index contributed by atoms with van der Waals surface area (Å²) in [6.45, 7) is 5.22. The predicted molar refractivity (Wildman–Crippen MR) is 469 cm³/mol. The summed E-state index contributed by atoms with van der Waals surface area (Å²) in [5, 5.41) is 57.1. The molecule has 0 saturated carbocycles. The fourth-order valence-electron chi connectivity index (χ4n) is 16.0. The van der Waals surface area contributed by atoms with E-state index in [0.29, 0.717) is 64.2 Å². The molecule has 41 heteroatoms. The lowest BCUT2D eigenvalue weighted by molar-refractivity contribution is -0.149. The van der Waals surface area contributed by atoms with Crippen LogP contribution in [0.5, 0.6) is 5.75 Å². The zero-order valence-corrected chi connectivity index (χ0v) is 74.1. The molecule has 3 aliphatic heterocycles. The fourth-order valence-corrected chi connectivity index (χ4v) is 16.8. The van der Waals surface area contributed by atoms with E-state index in [0.717, 1.165) is 31.4 Å². The van der Waals surface area contributed by atoms with Crippen molar-refractivity contribution < 1.29 is 102 Å². The Balaban J connectivity index is 1.17. The SMILES string of the molecule is CCCC[C@H]1C(=O)N(C)[C@@H](CCCC)C(=O)N[C@@H](CC(C)C)C(=O)N[C@H](C(=O)NCC(N)=O)CSCC(=O)N[C@@H](Cc2ccc(O)cc2)C(=O)N(C)[C@@H](C)C(=O)N[C@@H](CC(N)=O)C(=O)N2CCC[C@H]2C(=O)NCC(=O)N[C@@H](CCC(N)=O)C(=O)N2C[C@H](O)C[C@H]2C(=O)C[C@@H](Cc2c[nH]c3ccccc23)C(=O)N[C@@H](CO)C(=O)N[C@@H](Cc2c[nH]c3ccccc23)C(=O)N1C. The van der Waals surface area contributed by atoms with E-state index in [1.807, 2.05) is 13.8 Å². The van der Waals surface area contributed by atoms with E-state index >= 15 is 28.8 Å². The number of benzene rings is 3. The van der Waals surface area contributed by atoms with Gasteiger partial charge in [0.2, 0.25) is 100 Å². The molecule has 0 aliphatic carbocycles. The topological polar surface area (TPSA) is 602 Å². The van der Waals surface area contributed by atoms with Crippen molar-refractivity contribution in [3.05, 3.63) is 102 Å². The molecule has 0 bridgehead atoms. The number of aromatic nitrogens is 2. The molecule has 8 rings (SSSR count). The zero-order valence-electron chi connectivity index (χ0n) is 73.3. The number of nitrogens with two attached hydrogens (primary N) is 3. The Labute approximate surface area is 744 Å². The summed E-state index contributed by atoms with van der Waals surface area (Å²) in [6.07, 6.45) is 0.159. The Hall–Kier alpha value is -12.5. The predicted octanol–water partition coefficient (Wildman–Crippen LogP) is -2.17. The molecule has 20 N–H and O–H groups in total. The van der Waals surface area contributed by atoms with Gasteiger partial charge in [-0.05, 0) is 98.7 Å². The van der Waals surface area contributed by atoms with Gasteiger partial charge in [0.05, 0.1) is 44.0 Å². The number of aromatic hydroxyl groups is 1. The average molecular weight is 1800 g/mol. The van der Waals surface area contributed by atoms with E-state index in [1.54, 1.807) is 74.8 Å². The Morgan fingerprint density at radius 2 is 1.12 bits per heavy atom. The standard InChI is InChI=1S/C87H121N19O21S/c1-9-11-22-66-82(122)97-60(32-47(3)4)79(119)101-65(78(118)93-41-73(90)113)45-128-46-75(115)96-61(33-49-25-27-53(108)28-26-49)83(123)102(6)48(5)76(116)98-63(38-72(89)112)86(126)105-31-17-24-67(105)81(121)94-42-74(114)95-59(29-30-71(88)111)85(125)106-43-54(109)37-69(106)70(110)36-50(34-51-39-91-57-20-15-13-18-55(51)57)77(117)100-64(44-107)80(120)99-62(35-52-40-92-58-21-16-14-19-56(52)58)84(124)104(8)68(23-12-10-2)87(127)103(66)7/h13-16,18-21,25-28,39-40,47-48,50,54,59-69,91-92,107-109H,9-12,17,22-24,29-38,41-46H2,1-8H3,(H2,88,111)(H2,89,112)(H2,90,113)(H,93,118)(H,94,121)(H,95,114)(H,96,115)(H,97,122)(H,98,116)(H,99,120)(H,100,117)(H,101,119)/t48-,50+,54+,59-,60-,61-,62-,63-,64-,65-,66-,67-,68-,69-/m0/s1. The molecule has 128 heavy (non-hydrogen) atoms. The fraction of sp³-hybridized carbons (Fsp3) is 0.540. The number of para-hydroxylation sites is 2. The molecule has 696 valence electrons. The van der Waals surface area contributed by atoms with E-state index < -0.39 is 254 Å².